The van der Waals surface area contributed by atoms with Crippen molar-refractivity contribution in [1.82, 2.24) is 10.2 Å². The summed E-state index contributed by atoms with van der Waals surface area (Å²) in [5.74, 6) is -1.07. The third kappa shape index (κ3) is 6.75. The molecule has 0 spiro atoms. The van der Waals surface area contributed by atoms with E-state index < -0.39 is 18.0 Å². The number of carboxylic acid groups (broad SMARTS) is 1. The van der Waals surface area contributed by atoms with E-state index in [4.69, 9.17) is 14.6 Å². The van der Waals surface area contributed by atoms with Crippen LogP contribution in [0.1, 0.15) is 6.92 Å². The van der Waals surface area contributed by atoms with E-state index in [-0.39, 0.29) is 0 Å². The van der Waals surface area contributed by atoms with Crippen molar-refractivity contribution >= 4 is 12.0 Å². The van der Waals surface area contributed by atoms with Crippen LogP contribution in [0.2, 0.25) is 0 Å². The first-order valence-electron chi connectivity index (χ1n) is 5.29. The Hall–Kier alpha value is -1.34. The number of carbonyl (C=O) groups is 2. The third-order valence-corrected chi connectivity index (χ3v) is 2.13. The molecule has 0 aliphatic rings. The van der Waals surface area contributed by atoms with Gasteiger partial charge in [-0.2, -0.15) is 0 Å². The van der Waals surface area contributed by atoms with Gasteiger partial charge in [-0.15, -0.1) is 0 Å². The van der Waals surface area contributed by atoms with Crippen molar-refractivity contribution < 1.29 is 24.2 Å². The first kappa shape index (κ1) is 15.7. The Morgan fingerprint density at radius 3 is 2.06 bits per heavy atom. The lowest BCUT2D eigenvalue weighted by Gasteiger charge is -2.23. The molecule has 0 heterocycles. The monoisotopic (exact) mass is 248 g/mol. The molecule has 7 nitrogen and oxygen atoms in total. The number of ether oxygens (including phenoxy) is 2. The van der Waals surface area contributed by atoms with Crippen LogP contribution in [-0.4, -0.2) is 68.6 Å². The predicted molar refractivity (Wildman–Crippen MR) is 61.0 cm³/mol. The van der Waals surface area contributed by atoms with E-state index in [9.17, 15) is 9.59 Å². The molecule has 0 aromatic rings. The fraction of sp³-hybridized carbons (Fsp3) is 0.800. The summed E-state index contributed by atoms with van der Waals surface area (Å²) in [6, 6.07) is -1.36. The third-order valence-electron chi connectivity index (χ3n) is 2.13. The van der Waals surface area contributed by atoms with Crippen LogP contribution >= 0.6 is 0 Å². The number of rotatable bonds is 8. The highest BCUT2D eigenvalue weighted by Gasteiger charge is 2.18. The molecule has 2 amide bonds. The van der Waals surface area contributed by atoms with Gasteiger partial charge in [-0.1, -0.05) is 0 Å². The fourth-order valence-corrected chi connectivity index (χ4v) is 1.06. The first-order chi connectivity index (χ1) is 8.02. The number of amides is 2. The van der Waals surface area contributed by atoms with E-state index in [1.54, 1.807) is 0 Å². The second kappa shape index (κ2) is 8.77. The van der Waals surface area contributed by atoms with Gasteiger partial charge in [-0.05, 0) is 6.92 Å². The number of carbonyl (C=O) groups excluding carboxylic acids is 1. The summed E-state index contributed by atoms with van der Waals surface area (Å²) in [7, 11) is 3.07. The standard InChI is InChI=1S/C10H20N2O5/c1-8(9(13)14)11-10(15)12(4-6-16-2)5-7-17-3/h8H,4-7H2,1-3H3,(H,11,15)(H,13,14)/t8-/m1/s1. The summed E-state index contributed by atoms with van der Waals surface area (Å²) >= 11 is 0. The summed E-state index contributed by atoms with van der Waals surface area (Å²) in [6.07, 6.45) is 0. The number of nitrogens with one attached hydrogen (secondary N) is 1. The molecule has 0 aliphatic carbocycles. The summed E-state index contributed by atoms with van der Waals surface area (Å²) in [6.45, 7) is 2.96. The lowest BCUT2D eigenvalue weighted by molar-refractivity contribution is -0.138. The Labute approximate surface area is 101 Å². The Balaban J connectivity index is 4.24. The van der Waals surface area contributed by atoms with Crippen molar-refractivity contribution in [2.45, 2.75) is 13.0 Å². The van der Waals surface area contributed by atoms with Gasteiger partial charge >= 0.3 is 12.0 Å². The molecule has 0 aromatic carbocycles. The number of hydrogen-bond donors (Lipinski definition) is 2. The van der Waals surface area contributed by atoms with E-state index in [2.05, 4.69) is 5.32 Å². The average molecular weight is 248 g/mol. The Bertz CT molecular complexity index is 239. The zero-order valence-electron chi connectivity index (χ0n) is 10.4. The van der Waals surface area contributed by atoms with Gasteiger partial charge in [0, 0.05) is 27.3 Å². The Morgan fingerprint density at radius 2 is 1.71 bits per heavy atom. The molecule has 0 saturated carbocycles. The zero-order chi connectivity index (χ0) is 13.3. The largest absolute Gasteiger partial charge is 0.480 e. The Morgan fingerprint density at radius 1 is 1.24 bits per heavy atom. The maximum Gasteiger partial charge on any atom is 0.325 e. The van der Waals surface area contributed by atoms with E-state index >= 15 is 0 Å². The molecule has 0 fully saturated rings. The molecule has 0 aliphatic heterocycles. The van der Waals surface area contributed by atoms with Crippen LogP contribution in [0.15, 0.2) is 0 Å². The van der Waals surface area contributed by atoms with Crippen molar-refractivity contribution in [1.29, 1.82) is 0 Å². The molecule has 1 atom stereocenters. The van der Waals surface area contributed by atoms with Crippen LogP contribution < -0.4 is 5.32 Å². The van der Waals surface area contributed by atoms with E-state index in [1.165, 1.54) is 26.0 Å². The maximum absolute atomic E-state index is 11.7. The molecule has 7 heteroatoms. The van der Waals surface area contributed by atoms with Crippen molar-refractivity contribution in [3.8, 4) is 0 Å². The molecule has 0 radical (unpaired) electrons. The zero-order valence-corrected chi connectivity index (χ0v) is 10.4. The van der Waals surface area contributed by atoms with Crippen LogP contribution in [0.5, 0.6) is 0 Å². The van der Waals surface area contributed by atoms with Crippen LogP contribution in [0.25, 0.3) is 0 Å². The van der Waals surface area contributed by atoms with Gasteiger partial charge in [0.05, 0.1) is 13.2 Å². The molecule has 2 N–H and O–H groups in total. The summed E-state index contributed by atoms with van der Waals surface area (Å²) < 4.78 is 9.75. The smallest absolute Gasteiger partial charge is 0.325 e. The van der Waals surface area contributed by atoms with Crippen molar-refractivity contribution in [2.24, 2.45) is 0 Å². The molecule has 0 rings (SSSR count). The normalized spacial score (nSPS) is 11.9. The Kier molecular flexibility index (Phi) is 8.08. The fourth-order valence-electron chi connectivity index (χ4n) is 1.06. The van der Waals surface area contributed by atoms with E-state index in [0.717, 1.165) is 0 Å². The topological polar surface area (TPSA) is 88.1 Å². The van der Waals surface area contributed by atoms with Gasteiger partial charge in [-0.25, -0.2) is 4.79 Å². The molecular formula is C10H20N2O5. The van der Waals surface area contributed by atoms with E-state index in [0.29, 0.717) is 26.3 Å². The van der Waals surface area contributed by atoms with Crippen molar-refractivity contribution in [3.05, 3.63) is 0 Å². The van der Waals surface area contributed by atoms with Gasteiger partial charge in [-0.3, -0.25) is 4.79 Å². The lowest BCUT2D eigenvalue weighted by Crippen LogP contribution is -2.48. The summed E-state index contributed by atoms with van der Waals surface area (Å²) in [5.41, 5.74) is 0. The van der Waals surface area contributed by atoms with Gasteiger partial charge in [0.1, 0.15) is 6.04 Å². The van der Waals surface area contributed by atoms with Crippen LogP contribution in [0, 0.1) is 0 Å². The maximum atomic E-state index is 11.7. The van der Waals surface area contributed by atoms with Gasteiger partial charge < -0.3 is 24.8 Å². The number of urea groups is 1. The highest BCUT2D eigenvalue weighted by molar-refractivity contribution is 5.82. The van der Waals surface area contributed by atoms with Crippen LogP contribution in [0.3, 0.4) is 0 Å². The molecule has 0 saturated heterocycles. The van der Waals surface area contributed by atoms with Crippen molar-refractivity contribution in [2.75, 3.05) is 40.5 Å². The quantitative estimate of drug-likeness (QED) is 0.619. The minimum atomic E-state index is -1.07. The highest BCUT2D eigenvalue weighted by atomic mass is 16.5. The lowest BCUT2D eigenvalue weighted by atomic mass is 10.3. The van der Waals surface area contributed by atoms with Crippen LogP contribution in [-0.2, 0) is 14.3 Å². The van der Waals surface area contributed by atoms with Crippen molar-refractivity contribution in [3.63, 3.8) is 0 Å². The molecule has 0 bridgehead atoms. The average Bonchev–Trinajstić information content (AvgIpc) is 2.28. The molecule has 100 valence electrons. The SMILES string of the molecule is COCCN(CCOC)C(=O)N[C@H](C)C(=O)O. The second-order valence-corrected chi connectivity index (χ2v) is 3.48. The predicted octanol–water partition coefficient (Wildman–Crippen LogP) is -0.236. The summed E-state index contributed by atoms with van der Waals surface area (Å²) in [5, 5.41) is 11.1. The molecular weight excluding hydrogens is 228 g/mol. The number of methoxy groups -OCH3 is 2. The molecule has 17 heavy (non-hydrogen) atoms. The van der Waals surface area contributed by atoms with Gasteiger partial charge in [0.15, 0.2) is 0 Å². The summed E-state index contributed by atoms with van der Waals surface area (Å²) in [4.78, 5) is 23.8. The first-order valence-corrected chi connectivity index (χ1v) is 5.29. The molecule has 0 unspecified atom stereocenters. The minimum absolute atomic E-state index is 0.387. The van der Waals surface area contributed by atoms with E-state index in [1.807, 2.05) is 0 Å². The number of carboxylic acids is 1. The van der Waals surface area contributed by atoms with Crippen LogP contribution in [0.4, 0.5) is 4.79 Å². The van der Waals surface area contributed by atoms with Gasteiger partial charge in [0.2, 0.25) is 0 Å². The highest BCUT2D eigenvalue weighted by Crippen LogP contribution is 1.93. The van der Waals surface area contributed by atoms with Gasteiger partial charge in [0.25, 0.3) is 0 Å². The number of hydrogen-bond acceptors (Lipinski definition) is 4. The second-order valence-electron chi connectivity index (χ2n) is 3.48. The number of nitrogens with zero attached hydrogens (tertiary/aromatic N) is 1. The molecule has 0 aromatic heterocycles. The number of aliphatic carboxylic acids is 1. The minimum Gasteiger partial charge on any atom is -0.480 e.